The highest BCUT2D eigenvalue weighted by Crippen LogP contribution is 2.27. The van der Waals surface area contributed by atoms with Gasteiger partial charge in [0.1, 0.15) is 4.90 Å². The summed E-state index contributed by atoms with van der Waals surface area (Å²) >= 11 is 0. The fraction of sp³-hybridized carbons (Fsp3) is 0.455. The number of nitro groups is 1. The Hall–Kier alpha value is -1.51. The van der Waals surface area contributed by atoms with Gasteiger partial charge >= 0.3 is 0 Å². The summed E-state index contributed by atoms with van der Waals surface area (Å²) in [6, 6.07) is 5.02. The molecule has 0 amide bonds. The van der Waals surface area contributed by atoms with E-state index in [4.69, 9.17) is 10.2 Å². The van der Waals surface area contributed by atoms with E-state index < -0.39 is 37.2 Å². The third-order valence-electron chi connectivity index (χ3n) is 2.70. The first kappa shape index (κ1) is 15.5. The quantitative estimate of drug-likeness (QED) is 0.557. The molecule has 19 heavy (non-hydrogen) atoms. The van der Waals surface area contributed by atoms with Gasteiger partial charge in [-0.3, -0.25) is 10.1 Å². The molecule has 0 bridgehead atoms. The van der Waals surface area contributed by atoms with E-state index in [1.807, 2.05) is 0 Å². The number of hydrogen-bond donors (Lipinski definition) is 2. The van der Waals surface area contributed by atoms with Crippen LogP contribution in [0.15, 0.2) is 29.2 Å². The number of nitro benzene ring substituents is 1. The van der Waals surface area contributed by atoms with Crippen LogP contribution in [0, 0.1) is 10.1 Å². The predicted octanol–water partition coefficient (Wildman–Crippen LogP) is 0.502. The number of nitrogens with zero attached hydrogens (tertiary/aromatic N) is 1. The zero-order chi connectivity index (χ0) is 14.5. The Kier molecular flexibility index (Phi) is 5.40. The van der Waals surface area contributed by atoms with Crippen molar-refractivity contribution in [3.63, 3.8) is 0 Å². The normalized spacial score (nSPS) is 13.2. The molecule has 0 aliphatic carbocycles. The highest BCUT2D eigenvalue weighted by molar-refractivity contribution is 7.92. The third kappa shape index (κ3) is 3.49. The lowest BCUT2D eigenvalue weighted by molar-refractivity contribution is -0.387. The van der Waals surface area contributed by atoms with Crippen molar-refractivity contribution in [2.75, 3.05) is 13.2 Å². The smallest absolute Gasteiger partial charge is 0.287 e. The number of benzene rings is 1. The Morgan fingerprint density at radius 3 is 2.42 bits per heavy atom. The van der Waals surface area contributed by atoms with Gasteiger partial charge in [-0.15, -0.1) is 0 Å². The van der Waals surface area contributed by atoms with Gasteiger partial charge < -0.3 is 10.2 Å². The van der Waals surface area contributed by atoms with Crippen LogP contribution >= 0.6 is 0 Å². The molecule has 1 aromatic carbocycles. The number of para-hydroxylation sites is 1. The van der Waals surface area contributed by atoms with Crippen LogP contribution in [0.3, 0.4) is 0 Å². The Balaban J connectivity index is 3.22. The molecule has 106 valence electrons. The molecule has 8 heteroatoms. The van der Waals surface area contributed by atoms with Gasteiger partial charge in [0.05, 0.1) is 16.8 Å². The summed E-state index contributed by atoms with van der Waals surface area (Å²) in [6.07, 6.45) is 0.243. The Labute approximate surface area is 110 Å². The second-order valence-electron chi connectivity index (χ2n) is 3.94. The van der Waals surface area contributed by atoms with Crippen LogP contribution < -0.4 is 0 Å². The molecule has 7 nitrogen and oxygen atoms in total. The van der Waals surface area contributed by atoms with Gasteiger partial charge in [0.15, 0.2) is 9.84 Å². The SMILES string of the molecule is O=[N+]([O-])c1ccccc1S(=O)(=O)[C@@H](CO)CCCO. The number of rotatable bonds is 7. The van der Waals surface area contributed by atoms with Crippen LogP contribution in [-0.2, 0) is 9.84 Å². The van der Waals surface area contributed by atoms with E-state index in [2.05, 4.69) is 0 Å². The molecule has 0 radical (unpaired) electrons. The van der Waals surface area contributed by atoms with E-state index in [9.17, 15) is 18.5 Å². The van der Waals surface area contributed by atoms with Gasteiger partial charge in [-0.1, -0.05) is 12.1 Å². The highest BCUT2D eigenvalue weighted by Gasteiger charge is 2.32. The fourth-order valence-electron chi connectivity index (χ4n) is 1.69. The number of sulfone groups is 1. The van der Waals surface area contributed by atoms with Crippen molar-refractivity contribution in [2.45, 2.75) is 23.0 Å². The molecular formula is C11H15NO6S. The predicted molar refractivity (Wildman–Crippen MR) is 67.5 cm³/mol. The van der Waals surface area contributed by atoms with Crippen molar-refractivity contribution >= 4 is 15.5 Å². The molecule has 0 heterocycles. The van der Waals surface area contributed by atoms with Gasteiger partial charge in [0.25, 0.3) is 5.69 Å². The largest absolute Gasteiger partial charge is 0.396 e. The Morgan fingerprint density at radius 1 is 1.26 bits per heavy atom. The number of aliphatic hydroxyl groups is 2. The molecule has 0 aromatic heterocycles. The van der Waals surface area contributed by atoms with Crippen LogP contribution in [-0.4, -0.2) is 42.0 Å². The summed E-state index contributed by atoms with van der Waals surface area (Å²) in [4.78, 5) is 9.66. The summed E-state index contributed by atoms with van der Waals surface area (Å²) in [7, 11) is -4.00. The van der Waals surface area contributed by atoms with Crippen LogP contribution in [0.2, 0.25) is 0 Å². The lowest BCUT2D eigenvalue weighted by atomic mass is 10.2. The maximum absolute atomic E-state index is 12.2. The zero-order valence-corrected chi connectivity index (χ0v) is 10.9. The van der Waals surface area contributed by atoms with E-state index in [0.29, 0.717) is 0 Å². The maximum atomic E-state index is 12.2. The zero-order valence-electron chi connectivity index (χ0n) is 10.1. The summed E-state index contributed by atoms with van der Waals surface area (Å²) in [6.45, 7) is -0.850. The molecule has 0 aliphatic heterocycles. The second kappa shape index (κ2) is 6.60. The molecular weight excluding hydrogens is 274 g/mol. The molecule has 1 rings (SSSR count). The van der Waals surface area contributed by atoms with Crippen LogP contribution in [0.25, 0.3) is 0 Å². The second-order valence-corrected chi connectivity index (χ2v) is 6.14. The van der Waals surface area contributed by atoms with Crippen molar-refractivity contribution in [3.8, 4) is 0 Å². The third-order valence-corrected chi connectivity index (χ3v) is 4.92. The van der Waals surface area contributed by atoms with Gasteiger partial charge in [0.2, 0.25) is 0 Å². The summed E-state index contributed by atoms with van der Waals surface area (Å²) < 4.78 is 24.5. The molecule has 1 atom stereocenters. The van der Waals surface area contributed by atoms with Crippen molar-refractivity contribution in [1.29, 1.82) is 0 Å². The summed E-state index contributed by atoms with van der Waals surface area (Å²) in [5, 5.41) is 27.5. The maximum Gasteiger partial charge on any atom is 0.287 e. The minimum absolute atomic E-state index is 0.0430. The lowest BCUT2D eigenvalue weighted by Gasteiger charge is -2.14. The number of hydrogen-bond acceptors (Lipinski definition) is 6. The van der Waals surface area contributed by atoms with E-state index in [-0.39, 0.29) is 19.4 Å². The van der Waals surface area contributed by atoms with Crippen LogP contribution in [0.5, 0.6) is 0 Å². The summed E-state index contributed by atoms with van der Waals surface area (Å²) in [5.74, 6) is 0. The van der Waals surface area contributed by atoms with Crippen molar-refractivity contribution in [1.82, 2.24) is 0 Å². The van der Waals surface area contributed by atoms with E-state index in [1.54, 1.807) is 0 Å². The first-order chi connectivity index (χ1) is 8.95. The number of aliphatic hydroxyl groups excluding tert-OH is 2. The van der Waals surface area contributed by atoms with E-state index >= 15 is 0 Å². The first-order valence-electron chi connectivity index (χ1n) is 5.64. The van der Waals surface area contributed by atoms with E-state index in [0.717, 1.165) is 12.1 Å². The minimum atomic E-state index is -4.00. The monoisotopic (exact) mass is 289 g/mol. The highest BCUT2D eigenvalue weighted by atomic mass is 32.2. The van der Waals surface area contributed by atoms with Crippen molar-refractivity contribution < 1.29 is 23.6 Å². The molecule has 0 spiro atoms. The Morgan fingerprint density at radius 2 is 1.89 bits per heavy atom. The average Bonchev–Trinajstić information content (AvgIpc) is 2.39. The standard InChI is InChI=1S/C11H15NO6S/c13-7-3-4-9(8-14)19(17,18)11-6-2-1-5-10(11)12(15)16/h1-2,5-6,9,13-14H,3-4,7-8H2/t9-/m1/s1. The van der Waals surface area contributed by atoms with Gasteiger partial charge in [-0.2, -0.15) is 0 Å². The first-order valence-corrected chi connectivity index (χ1v) is 7.18. The lowest BCUT2D eigenvalue weighted by Crippen LogP contribution is -2.26. The molecule has 0 fully saturated rings. The molecule has 0 saturated carbocycles. The van der Waals surface area contributed by atoms with Crippen LogP contribution in [0.1, 0.15) is 12.8 Å². The fourth-order valence-corrected chi connectivity index (χ4v) is 3.43. The topological polar surface area (TPSA) is 118 Å². The molecule has 2 N–H and O–H groups in total. The molecule has 1 aromatic rings. The van der Waals surface area contributed by atoms with E-state index in [1.165, 1.54) is 12.1 Å². The van der Waals surface area contributed by atoms with Gasteiger partial charge in [0, 0.05) is 12.7 Å². The van der Waals surface area contributed by atoms with Gasteiger partial charge in [-0.25, -0.2) is 8.42 Å². The van der Waals surface area contributed by atoms with Gasteiger partial charge in [-0.05, 0) is 18.9 Å². The Bertz CT molecular complexity index is 542. The average molecular weight is 289 g/mol. The van der Waals surface area contributed by atoms with Crippen molar-refractivity contribution in [2.24, 2.45) is 0 Å². The summed E-state index contributed by atoms with van der Waals surface area (Å²) in [5.41, 5.74) is -0.509. The minimum Gasteiger partial charge on any atom is -0.396 e. The van der Waals surface area contributed by atoms with Crippen LogP contribution in [0.4, 0.5) is 5.69 Å². The van der Waals surface area contributed by atoms with Crippen molar-refractivity contribution in [3.05, 3.63) is 34.4 Å². The molecule has 0 aliphatic rings. The molecule has 0 unspecified atom stereocenters. The molecule has 0 saturated heterocycles.